The van der Waals surface area contributed by atoms with E-state index >= 15 is 0 Å². The molecule has 0 amide bonds. The third-order valence-electron chi connectivity index (χ3n) is 3.03. The second kappa shape index (κ2) is 4.78. The van der Waals surface area contributed by atoms with Crippen LogP contribution in [-0.4, -0.2) is 21.0 Å². The van der Waals surface area contributed by atoms with Crippen molar-refractivity contribution >= 4 is 21.4 Å². The molecule has 4 N–H and O–H groups in total. The summed E-state index contributed by atoms with van der Waals surface area (Å²) < 4.78 is 22.8. The van der Waals surface area contributed by atoms with Crippen LogP contribution in [0.3, 0.4) is 0 Å². The molecule has 0 aliphatic heterocycles. The predicted octanol–water partition coefficient (Wildman–Crippen LogP) is 1.29. The lowest BCUT2D eigenvalue weighted by molar-refractivity contribution is 0.597. The van der Waals surface area contributed by atoms with Crippen molar-refractivity contribution in [1.82, 2.24) is 0 Å². The van der Waals surface area contributed by atoms with Gasteiger partial charge in [0.15, 0.2) is 0 Å². The first-order valence-corrected chi connectivity index (χ1v) is 7.66. The van der Waals surface area contributed by atoms with E-state index in [-0.39, 0.29) is 4.90 Å². The summed E-state index contributed by atoms with van der Waals surface area (Å²) in [5.41, 5.74) is 7.04. The molecule has 18 heavy (non-hydrogen) atoms. The maximum atomic E-state index is 11.4. The van der Waals surface area contributed by atoms with Gasteiger partial charge in [0, 0.05) is 24.0 Å². The number of primary sulfonamides is 1. The molecule has 0 aromatic heterocycles. The maximum absolute atomic E-state index is 11.4. The highest BCUT2D eigenvalue weighted by molar-refractivity contribution is 7.89. The van der Waals surface area contributed by atoms with Gasteiger partial charge in [0.1, 0.15) is 0 Å². The molecule has 1 aliphatic carbocycles. The Hall–Kier alpha value is -1.27. The van der Waals surface area contributed by atoms with Gasteiger partial charge in [-0.25, -0.2) is 13.6 Å². The number of hydrogen-bond acceptors (Lipinski definition) is 4. The predicted molar refractivity (Wildman–Crippen MR) is 72.9 cm³/mol. The Morgan fingerprint density at radius 2 is 2.00 bits per heavy atom. The van der Waals surface area contributed by atoms with E-state index in [1.165, 1.54) is 6.07 Å². The topological polar surface area (TPSA) is 89.4 Å². The molecule has 100 valence electrons. The van der Waals surface area contributed by atoms with Gasteiger partial charge in [-0.2, -0.15) is 0 Å². The third-order valence-corrected chi connectivity index (χ3v) is 3.92. The van der Waals surface area contributed by atoms with E-state index in [0.29, 0.717) is 11.7 Å². The van der Waals surface area contributed by atoms with Crippen molar-refractivity contribution in [3.63, 3.8) is 0 Å². The molecule has 1 aromatic rings. The second-order valence-electron chi connectivity index (χ2n) is 4.73. The second-order valence-corrected chi connectivity index (χ2v) is 6.29. The number of benzene rings is 1. The molecule has 1 saturated carbocycles. The molecule has 0 atom stereocenters. The average Bonchev–Trinajstić information content (AvgIpc) is 3.07. The van der Waals surface area contributed by atoms with E-state index in [0.717, 1.165) is 31.5 Å². The van der Waals surface area contributed by atoms with Crippen LogP contribution < -0.4 is 15.8 Å². The first kappa shape index (κ1) is 13.2. The zero-order chi connectivity index (χ0) is 13.3. The standard InChI is InChI=1S/C12H19N3O2S/c1-2-5-15(10-3-4-10)11-6-9(13)7-12(8-11)18(14,16)17/h6-8,10H,2-5,13H2,1H3,(H2,14,16,17). The van der Waals surface area contributed by atoms with Gasteiger partial charge in [0.05, 0.1) is 4.90 Å². The number of sulfonamides is 1. The molecule has 2 rings (SSSR count). The molecule has 0 spiro atoms. The molecule has 0 heterocycles. The van der Waals surface area contributed by atoms with Crippen molar-refractivity contribution in [2.45, 2.75) is 37.1 Å². The van der Waals surface area contributed by atoms with Crippen molar-refractivity contribution in [2.24, 2.45) is 5.14 Å². The molecule has 6 heteroatoms. The Labute approximate surface area is 108 Å². The molecule has 5 nitrogen and oxygen atoms in total. The average molecular weight is 269 g/mol. The number of nitrogen functional groups attached to an aromatic ring is 1. The summed E-state index contributed by atoms with van der Waals surface area (Å²) in [4.78, 5) is 2.30. The van der Waals surface area contributed by atoms with Gasteiger partial charge < -0.3 is 10.6 Å². The lowest BCUT2D eigenvalue weighted by Crippen LogP contribution is -2.27. The molecule has 0 bridgehead atoms. The Kier molecular flexibility index (Phi) is 3.49. The van der Waals surface area contributed by atoms with Gasteiger partial charge in [-0.05, 0) is 37.5 Å². The smallest absolute Gasteiger partial charge is 0.238 e. The summed E-state index contributed by atoms with van der Waals surface area (Å²) in [5.74, 6) is 0. The molecule has 0 radical (unpaired) electrons. The van der Waals surface area contributed by atoms with Gasteiger partial charge in [0.25, 0.3) is 0 Å². The van der Waals surface area contributed by atoms with Crippen molar-refractivity contribution in [3.05, 3.63) is 18.2 Å². The Bertz CT molecular complexity index is 538. The summed E-state index contributed by atoms with van der Waals surface area (Å²) in [7, 11) is -3.71. The van der Waals surface area contributed by atoms with Crippen LogP contribution in [0.15, 0.2) is 23.1 Å². The summed E-state index contributed by atoms with van der Waals surface area (Å²) >= 11 is 0. The van der Waals surface area contributed by atoms with E-state index in [1.54, 1.807) is 6.07 Å². The van der Waals surface area contributed by atoms with E-state index in [4.69, 9.17) is 10.9 Å². The van der Waals surface area contributed by atoms with Crippen LogP contribution in [0.1, 0.15) is 26.2 Å². The molecule has 1 fully saturated rings. The number of hydrogen-bond donors (Lipinski definition) is 2. The fourth-order valence-corrected chi connectivity index (χ4v) is 2.67. The summed E-state index contributed by atoms with van der Waals surface area (Å²) in [5, 5.41) is 5.16. The van der Waals surface area contributed by atoms with E-state index < -0.39 is 10.0 Å². The quantitative estimate of drug-likeness (QED) is 0.788. The van der Waals surface area contributed by atoms with Crippen molar-refractivity contribution < 1.29 is 8.42 Å². The van der Waals surface area contributed by atoms with Crippen LogP contribution in [0.4, 0.5) is 11.4 Å². The van der Waals surface area contributed by atoms with Crippen molar-refractivity contribution in [2.75, 3.05) is 17.2 Å². The van der Waals surface area contributed by atoms with Gasteiger partial charge in [-0.15, -0.1) is 0 Å². The van der Waals surface area contributed by atoms with E-state index in [2.05, 4.69) is 11.8 Å². The molecule has 1 aliphatic rings. The Morgan fingerprint density at radius 1 is 1.33 bits per heavy atom. The number of nitrogens with zero attached hydrogens (tertiary/aromatic N) is 1. The largest absolute Gasteiger partial charge is 0.399 e. The van der Waals surface area contributed by atoms with Crippen molar-refractivity contribution in [1.29, 1.82) is 0 Å². The van der Waals surface area contributed by atoms with Gasteiger partial charge in [0.2, 0.25) is 10.0 Å². The summed E-state index contributed by atoms with van der Waals surface area (Å²) in [6.45, 7) is 3.00. The molecule has 1 aromatic carbocycles. The minimum Gasteiger partial charge on any atom is -0.399 e. The molecular formula is C12H19N3O2S. The normalized spacial score (nSPS) is 15.7. The highest BCUT2D eigenvalue weighted by Crippen LogP contribution is 2.33. The summed E-state index contributed by atoms with van der Waals surface area (Å²) in [6, 6.07) is 5.33. The number of nitrogens with two attached hydrogens (primary N) is 2. The van der Waals surface area contributed by atoms with E-state index in [9.17, 15) is 8.42 Å². The van der Waals surface area contributed by atoms with Crippen LogP contribution in [0.25, 0.3) is 0 Å². The molecular weight excluding hydrogens is 250 g/mol. The highest BCUT2D eigenvalue weighted by Gasteiger charge is 2.29. The fraction of sp³-hybridized carbons (Fsp3) is 0.500. The first-order valence-electron chi connectivity index (χ1n) is 6.12. The van der Waals surface area contributed by atoms with Gasteiger partial charge >= 0.3 is 0 Å². The SMILES string of the molecule is CCCN(c1cc(N)cc(S(N)(=O)=O)c1)C1CC1. The molecule has 0 saturated heterocycles. The maximum Gasteiger partial charge on any atom is 0.238 e. The lowest BCUT2D eigenvalue weighted by atomic mass is 10.2. The zero-order valence-corrected chi connectivity index (χ0v) is 11.3. The van der Waals surface area contributed by atoms with Crippen LogP contribution >= 0.6 is 0 Å². The Morgan fingerprint density at radius 3 is 2.50 bits per heavy atom. The van der Waals surface area contributed by atoms with Crippen LogP contribution in [0, 0.1) is 0 Å². The zero-order valence-electron chi connectivity index (χ0n) is 10.5. The van der Waals surface area contributed by atoms with Crippen LogP contribution in [0.2, 0.25) is 0 Å². The third kappa shape index (κ3) is 2.94. The fourth-order valence-electron chi connectivity index (χ4n) is 2.09. The molecule has 0 unspecified atom stereocenters. The van der Waals surface area contributed by atoms with E-state index in [1.807, 2.05) is 6.07 Å². The number of anilines is 2. The summed E-state index contributed by atoms with van der Waals surface area (Å²) in [6.07, 6.45) is 3.31. The first-order chi connectivity index (χ1) is 8.41. The minimum absolute atomic E-state index is 0.0826. The van der Waals surface area contributed by atoms with Crippen LogP contribution in [-0.2, 0) is 10.0 Å². The number of rotatable bonds is 5. The van der Waals surface area contributed by atoms with Gasteiger partial charge in [-0.1, -0.05) is 6.92 Å². The van der Waals surface area contributed by atoms with Crippen molar-refractivity contribution in [3.8, 4) is 0 Å². The lowest BCUT2D eigenvalue weighted by Gasteiger charge is -2.25. The monoisotopic (exact) mass is 269 g/mol. The van der Waals surface area contributed by atoms with Gasteiger partial charge in [-0.3, -0.25) is 0 Å². The van der Waals surface area contributed by atoms with Crippen LogP contribution in [0.5, 0.6) is 0 Å². The minimum atomic E-state index is -3.71. The highest BCUT2D eigenvalue weighted by atomic mass is 32.2. The Balaban J connectivity index is 2.40.